The van der Waals surface area contributed by atoms with Crippen molar-refractivity contribution in [3.8, 4) is 0 Å². The SMILES string of the molecule is CC[C@H](C)[C@H](N)C(=O)N[C@H](Cc1cn(C)c2ccccc12)C(=O)O. The molecule has 0 saturated carbocycles. The third kappa shape index (κ3) is 3.76. The summed E-state index contributed by atoms with van der Waals surface area (Å²) in [7, 11) is 1.92. The molecule has 4 N–H and O–H groups in total. The second-order valence-corrected chi connectivity index (χ2v) is 6.30. The number of hydrogen-bond donors (Lipinski definition) is 3. The van der Waals surface area contributed by atoms with Gasteiger partial charge in [-0.05, 0) is 17.5 Å². The summed E-state index contributed by atoms with van der Waals surface area (Å²) in [6.45, 7) is 3.83. The number of rotatable bonds is 7. The summed E-state index contributed by atoms with van der Waals surface area (Å²) in [5.74, 6) is -1.48. The highest BCUT2D eigenvalue weighted by Crippen LogP contribution is 2.21. The number of aromatic nitrogens is 1. The summed E-state index contributed by atoms with van der Waals surface area (Å²) in [6, 6.07) is 6.08. The number of carboxylic acids is 1. The summed E-state index contributed by atoms with van der Waals surface area (Å²) >= 11 is 0. The maximum Gasteiger partial charge on any atom is 0.326 e. The Hall–Kier alpha value is -2.34. The van der Waals surface area contributed by atoms with Crippen LogP contribution in [0.2, 0.25) is 0 Å². The van der Waals surface area contributed by atoms with E-state index in [9.17, 15) is 14.7 Å². The Balaban J connectivity index is 2.19. The Morgan fingerprint density at radius 2 is 2.00 bits per heavy atom. The van der Waals surface area contributed by atoms with E-state index in [2.05, 4.69) is 5.32 Å². The lowest BCUT2D eigenvalue weighted by Gasteiger charge is -2.21. The van der Waals surface area contributed by atoms with Crippen LogP contribution in [-0.2, 0) is 23.1 Å². The van der Waals surface area contributed by atoms with Crippen molar-refractivity contribution < 1.29 is 14.7 Å². The minimum Gasteiger partial charge on any atom is -0.480 e. The van der Waals surface area contributed by atoms with E-state index in [-0.39, 0.29) is 12.3 Å². The van der Waals surface area contributed by atoms with Crippen LogP contribution in [-0.4, -0.2) is 33.6 Å². The van der Waals surface area contributed by atoms with E-state index in [1.165, 1.54) is 0 Å². The van der Waals surface area contributed by atoms with Crippen LogP contribution < -0.4 is 11.1 Å². The molecule has 1 amide bonds. The van der Waals surface area contributed by atoms with E-state index in [0.29, 0.717) is 0 Å². The molecule has 1 aromatic carbocycles. The number of carboxylic acid groups (broad SMARTS) is 1. The Kier molecular flexibility index (Phi) is 5.62. The maximum absolute atomic E-state index is 12.2. The smallest absolute Gasteiger partial charge is 0.326 e. The fraction of sp³-hybridized carbons (Fsp3) is 0.444. The van der Waals surface area contributed by atoms with Crippen LogP contribution in [0.25, 0.3) is 10.9 Å². The molecule has 6 heteroatoms. The van der Waals surface area contributed by atoms with Gasteiger partial charge < -0.3 is 20.7 Å². The monoisotopic (exact) mass is 331 g/mol. The molecular weight excluding hydrogens is 306 g/mol. The van der Waals surface area contributed by atoms with Crippen LogP contribution in [0.3, 0.4) is 0 Å². The zero-order valence-corrected chi connectivity index (χ0v) is 14.3. The molecule has 0 saturated heterocycles. The number of hydrogen-bond acceptors (Lipinski definition) is 3. The van der Waals surface area contributed by atoms with Crippen LogP contribution in [0.4, 0.5) is 0 Å². The molecule has 1 heterocycles. The molecule has 0 aliphatic carbocycles. The summed E-state index contributed by atoms with van der Waals surface area (Å²) in [6.07, 6.45) is 2.88. The number of para-hydroxylation sites is 1. The van der Waals surface area contributed by atoms with Gasteiger partial charge in [0.2, 0.25) is 5.91 Å². The van der Waals surface area contributed by atoms with Crippen molar-refractivity contribution in [2.75, 3.05) is 0 Å². The Morgan fingerprint density at radius 3 is 2.62 bits per heavy atom. The fourth-order valence-corrected chi connectivity index (χ4v) is 2.79. The highest BCUT2D eigenvalue weighted by molar-refractivity contribution is 5.88. The second-order valence-electron chi connectivity index (χ2n) is 6.30. The summed E-state index contributed by atoms with van der Waals surface area (Å²) in [5.41, 5.74) is 7.81. The number of fused-ring (bicyclic) bond motifs is 1. The first-order chi connectivity index (χ1) is 11.3. The van der Waals surface area contributed by atoms with Gasteiger partial charge in [0, 0.05) is 30.6 Å². The first-order valence-corrected chi connectivity index (χ1v) is 8.16. The fourth-order valence-electron chi connectivity index (χ4n) is 2.79. The van der Waals surface area contributed by atoms with Crippen molar-refractivity contribution >= 4 is 22.8 Å². The van der Waals surface area contributed by atoms with Gasteiger partial charge in [-0.15, -0.1) is 0 Å². The highest BCUT2D eigenvalue weighted by atomic mass is 16.4. The largest absolute Gasteiger partial charge is 0.480 e. The zero-order chi connectivity index (χ0) is 17.9. The zero-order valence-electron chi connectivity index (χ0n) is 14.3. The summed E-state index contributed by atoms with van der Waals surface area (Å²) < 4.78 is 1.95. The van der Waals surface area contributed by atoms with Crippen LogP contribution in [0, 0.1) is 5.92 Å². The Bertz CT molecular complexity index is 738. The molecule has 0 bridgehead atoms. The third-order valence-electron chi connectivity index (χ3n) is 4.58. The van der Waals surface area contributed by atoms with E-state index in [1.54, 1.807) is 0 Å². The van der Waals surface area contributed by atoms with Gasteiger partial charge in [-0.3, -0.25) is 4.79 Å². The van der Waals surface area contributed by atoms with E-state index < -0.39 is 24.0 Å². The van der Waals surface area contributed by atoms with Gasteiger partial charge in [-0.2, -0.15) is 0 Å². The number of nitrogens with one attached hydrogen (secondary N) is 1. The van der Waals surface area contributed by atoms with E-state index in [4.69, 9.17) is 5.73 Å². The molecule has 0 spiro atoms. The van der Waals surface area contributed by atoms with Gasteiger partial charge in [-0.25, -0.2) is 4.79 Å². The van der Waals surface area contributed by atoms with Crippen molar-refractivity contribution in [2.24, 2.45) is 18.7 Å². The number of carbonyl (C=O) groups excluding carboxylic acids is 1. The molecule has 0 aliphatic heterocycles. The van der Waals surface area contributed by atoms with E-state index in [0.717, 1.165) is 22.9 Å². The lowest BCUT2D eigenvalue weighted by atomic mass is 9.98. The average Bonchev–Trinajstić information content (AvgIpc) is 2.89. The molecule has 3 atom stereocenters. The van der Waals surface area contributed by atoms with Gasteiger partial charge in [0.15, 0.2) is 0 Å². The van der Waals surface area contributed by atoms with Gasteiger partial charge in [0.1, 0.15) is 6.04 Å². The molecule has 6 nitrogen and oxygen atoms in total. The molecule has 1 aromatic heterocycles. The second kappa shape index (κ2) is 7.49. The molecule has 2 aromatic rings. The van der Waals surface area contributed by atoms with E-state index >= 15 is 0 Å². The quantitative estimate of drug-likeness (QED) is 0.719. The maximum atomic E-state index is 12.2. The van der Waals surface area contributed by atoms with Crippen molar-refractivity contribution in [3.63, 3.8) is 0 Å². The Labute approximate surface area is 141 Å². The van der Waals surface area contributed by atoms with Crippen molar-refractivity contribution in [1.29, 1.82) is 0 Å². The van der Waals surface area contributed by atoms with E-state index in [1.807, 2.05) is 55.9 Å². The molecule has 0 unspecified atom stereocenters. The van der Waals surface area contributed by atoms with Crippen LogP contribution in [0.15, 0.2) is 30.5 Å². The molecule has 2 rings (SSSR count). The minimum absolute atomic E-state index is 0.00278. The topological polar surface area (TPSA) is 97.4 Å². The molecule has 0 fully saturated rings. The number of amides is 1. The predicted octanol–water partition coefficient (Wildman–Crippen LogP) is 1.66. The number of aliphatic carboxylic acids is 1. The van der Waals surface area contributed by atoms with Crippen molar-refractivity contribution in [2.45, 2.75) is 38.8 Å². The Morgan fingerprint density at radius 1 is 1.33 bits per heavy atom. The summed E-state index contributed by atoms with van der Waals surface area (Å²) in [5, 5.41) is 13.1. The van der Waals surface area contributed by atoms with Gasteiger partial charge in [0.25, 0.3) is 0 Å². The normalized spacial score (nSPS) is 15.0. The highest BCUT2D eigenvalue weighted by Gasteiger charge is 2.26. The standard InChI is InChI=1S/C18H25N3O3/c1-4-11(2)16(19)17(22)20-14(18(23)24)9-12-10-21(3)15-8-6-5-7-13(12)15/h5-8,10-11,14,16H,4,9,19H2,1-3H3,(H,20,22)(H,23,24)/t11-,14+,16-/m0/s1. The van der Waals surface area contributed by atoms with Crippen LogP contribution >= 0.6 is 0 Å². The number of carbonyl (C=O) groups is 2. The van der Waals surface area contributed by atoms with Crippen molar-refractivity contribution in [1.82, 2.24) is 9.88 Å². The molecule has 0 aliphatic rings. The first-order valence-electron chi connectivity index (χ1n) is 8.16. The molecule has 0 radical (unpaired) electrons. The van der Waals surface area contributed by atoms with Gasteiger partial charge in [-0.1, -0.05) is 38.5 Å². The first kappa shape index (κ1) is 18.0. The lowest BCUT2D eigenvalue weighted by Crippen LogP contribution is -2.51. The van der Waals surface area contributed by atoms with Crippen LogP contribution in [0.5, 0.6) is 0 Å². The minimum atomic E-state index is -1.06. The molecule has 24 heavy (non-hydrogen) atoms. The lowest BCUT2D eigenvalue weighted by molar-refractivity contribution is -0.142. The number of nitrogens with two attached hydrogens (primary N) is 1. The molecule has 130 valence electrons. The third-order valence-corrected chi connectivity index (χ3v) is 4.58. The van der Waals surface area contributed by atoms with Gasteiger partial charge >= 0.3 is 5.97 Å². The van der Waals surface area contributed by atoms with Crippen LogP contribution in [0.1, 0.15) is 25.8 Å². The van der Waals surface area contributed by atoms with Gasteiger partial charge in [0.05, 0.1) is 6.04 Å². The number of nitrogens with zero attached hydrogens (tertiary/aromatic N) is 1. The molecular formula is C18H25N3O3. The number of aryl methyl sites for hydroxylation is 1. The predicted molar refractivity (Wildman–Crippen MR) is 93.6 cm³/mol. The number of benzene rings is 1. The average molecular weight is 331 g/mol. The van der Waals surface area contributed by atoms with Crippen molar-refractivity contribution in [3.05, 3.63) is 36.0 Å². The summed E-state index contributed by atoms with van der Waals surface area (Å²) in [4.78, 5) is 23.8.